The molecule has 1 fully saturated rings. The van der Waals surface area contributed by atoms with Crippen LogP contribution in [0.4, 0.5) is 11.4 Å². The number of non-ortho nitro benzene ring substituents is 1. The molecule has 0 saturated carbocycles. The minimum atomic E-state index is -3.81. The number of sulfonamides is 1. The highest BCUT2D eigenvalue weighted by molar-refractivity contribution is 7.92. The van der Waals surface area contributed by atoms with Gasteiger partial charge in [0.2, 0.25) is 0 Å². The molecule has 2 aliphatic heterocycles. The van der Waals surface area contributed by atoms with E-state index in [1.54, 1.807) is 30.3 Å². The van der Waals surface area contributed by atoms with Crippen molar-refractivity contribution in [2.24, 2.45) is 5.92 Å². The molecule has 3 atom stereocenters. The van der Waals surface area contributed by atoms with Crippen LogP contribution in [0, 0.1) is 29.9 Å². The monoisotopic (exact) mass is 478 g/mol. The van der Waals surface area contributed by atoms with E-state index in [9.17, 15) is 18.5 Å². The first-order chi connectivity index (χ1) is 16.3. The number of anilines is 1. The fourth-order valence-corrected chi connectivity index (χ4v) is 6.72. The fourth-order valence-electron chi connectivity index (χ4n) is 5.19. The molecule has 0 aromatic heterocycles. The minimum Gasteiger partial charge on any atom is -0.373 e. The number of nitrogens with zero attached hydrogens (tertiary/aromatic N) is 2. The van der Waals surface area contributed by atoms with Crippen molar-refractivity contribution in [1.82, 2.24) is 0 Å². The highest BCUT2D eigenvalue weighted by atomic mass is 32.2. The van der Waals surface area contributed by atoms with Gasteiger partial charge in [-0.05, 0) is 55.5 Å². The maximum absolute atomic E-state index is 13.8. The molecular formula is C26H26N2O5S. The van der Waals surface area contributed by atoms with Crippen LogP contribution in [0.1, 0.15) is 40.7 Å². The van der Waals surface area contributed by atoms with Crippen LogP contribution >= 0.6 is 0 Å². The summed E-state index contributed by atoms with van der Waals surface area (Å²) < 4.78 is 35.3. The summed E-state index contributed by atoms with van der Waals surface area (Å²) in [6, 6.07) is 19.2. The summed E-state index contributed by atoms with van der Waals surface area (Å²) in [4.78, 5) is 11.2. The van der Waals surface area contributed by atoms with Crippen LogP contribution in [-0.4, -0.2) is 26.5 Å². The van der Waals surface area contributed by atoms with Gasteiger partial charge >= 0.3 is 0 Å². The molecule has 5 rings (SSSR count). The van der Waals surface area contributed by atoms with Crippen molar-refractivity contribution in [2.45, 2.75) is 37.2 Å². The number of aryl methyl sites for hydroxylation is 2. The predicted octanol–water partition coefficient (Wildman–Crippen LogP) is 5.28. The van der Waals surface area contributed by atoms with Crippen LogP contribution in [0.2, 0.25) is 0 Å². The Hall–Kier alpha value is -3.23. The average Bonchev–Trinajstić information content (AvgIpc) is 2.83. The summed E-state index contributed by atoms with van der Waals surface area (Å²) in [7, 11) is -3.81. The number of fused-ring (bicyclic) bond motifs is 3. The summed E-state index contributed by atoms with van der Waals surface area (Å²) in [6.07, 6.45) is 0.327. The standard InChI is InChI=1S/C26H26N2O5S/c1-17-6-9-21(10-7-17)34(31,32)27-16-24-22(23-14-18(2)8-11-25(23)27)12-13-33-26(24)19-4-3-5-20(15-19)28(29)30/h3-11,14-15,22,24,26H,12-13,16H2,1-2H3/t22-,24-,26+/m0/s1. The van der Waals surface area contributed by atoms with Gasteiger partial charge < -0.3 is 4.74 Å². The second kappa shape index (κ2) is 8.52. The molecule has 176 valence electrons. The Labute approximate surface area is 199 Å². The number of nitro benzene ring substituents is 1. The molecule has 0 radical (unpaired) electrons. The van der Waals surface area contributed by atoms with Crippen molar-refractivity contribution in [3.63, 3.8) is 0 Å². The molecule has 8 heteroatoms. The van der Waals surface area contributed by atoms with Gasteiger partial charge in [0.25, 0.3) is 15.7 Å². The number of hydrogen-bond donors (Lipinski definition) is 0. The van der Waals surface area contributed by atoms with Crippen LogP contribution in [0.5, 0.6) is 0 Å². The van der Waals surface area contributed by atoms with E-state index in [4.69, 9.17) is 4.74 Å². The third kappa shape index (κ3) is 3.86. The fraction of sp³-hybridized carbons (Fsp3) is 0.308. The third-order valence-corrected chi connectivity index (χ3v) is 8.67. The average molecular weight is 479 g/mol. The van der Waals surface area contributed by atoms with Crippen LogP contribution in [-0.2, 0) is 14.8 Å². The Morgan fingerprint density at radius 1 is 1.00 bits per heavy atom. The Morgan fingerprint density at radius 3 is 2.47 bits per heavy atom. The van der Waals surface area contributed by atoms with Crippen molar-refractivity contribution >= 4 is 21.4 Å². The second-order valence-corrected chi connectivity index (χ2v) is 11.0. The summed E-state index contributed by atoms with van der Waals surface area (Å²) in [6.45, 7) is 4.67. The van der Waals surface area contributed by atoms with Crippen LogP contribution in [0.15, 0.2) is 71.6 Å². The van der Waals surface area contributed by atoms with E-state index in [-0.39, 0.29) is 29.0 Å². The molecule has 0 bridgehead atoms. The van der Waals surface area contributed by atoms with Crippen LogP contribution in [0.3, 0.4) is 0 Å². The van der Waals surface area contributed by atoms with Gasteiger partial charge in [-0.1, -0.05) is 47.5 Å². The number of ether oxygens (including phenoxy) is 1. The Balaban J connectivity index is 1.62. The molecule has 0 N–H and O–H groups in total. The molecule has 3 aromatic rings. The molecule has 2 aliphatic rings. The SMILES string of the molecule is Cc1ccc(S(=O)(=O)N2C[C@@H]3[C@@H](c4cccc([N+](=O)[O-])c4)OCC[C@H]3c3cc(C)ccc32)cc1. The zero-order valence-corrected chi connectivity index (χ0v) is 19.9. The van der Waals surface area contributed by atoms with Crippen molar-refractivity contribution in [3.8, 4) is 0 Å². The summed E-state index contributed by atoms with van der Waals surface area (Å²) in [5, 5.41) is 11.4. The topological polar surface area (TPSA) is 89.8 Å². The Kier molecular flexibility index (Phi) is 5.65. The second-order valence-electron chi connectivity index (χ2n) is 9.11. The van der Waals surface area contributed by atoms with Crippen molar-refractivity contribution < 1.29 is 18.1 Å². The predicted molar refractivity (Wildman–Crippen MR) is 130 cm³/mol. The number of benzene rings is 3. The van der Waals surface area contributed by atoms with E-state index >= 15 is 0 Å². The summed E-state index contributed by atoms with van der Waals surface area (Å²) in [5.74, 6) is -0.0809. The minimum absolute atomic E-state index is 0.000546. The van der Waals surface area contributed by atoms with Crippen LogP contribution < -0.4 is 4.31 Å². The molecule has 0 amide bonds. The van der Waals surface area contributed by atoms with Gasteiger partial charge in [0.15, 0.2) is 0 Å². The van der Waals surface area contributed by atoms with Crippen molar-refractivity contribution in [3.05, 3.63) is 99.1 Å². The normalized spacial score (nSPS) is 22.1. The molecular weight excluding hydrogens is 452 g/mol. The van der Waals surface area contributed by atoms with E-state index in [1.165, 1.54) is 16.4 Å². The smallest absolute Gasteiger partial charge is 0.269 e. The van der Waals surface area contributed by atoms with E-state index in [0.717, 1.165) is 23.1 Å². The van der Waals surface area contributed by atoms with Gasteiger partial charge in [-0.25, -0.2) is 8.42 Å². The first-order valence-electron chi connectivity index (χ1n) is 11.3. The molecule has 7 nitrogen and oxygen atoms in total. The van der Waals surface area contributed by atoms with Crippen molar-refractivity contribution in [2.75, 3.05) is 17.5 Å². The van der Waals surface area contributed by atoms with E-state index in [0.29, 0.717) is 17.9 Å². The van der Waals surface area contributed by atoms with E-state index in [2.05, 4.69) is 6.07 Å². The lowest BCUT2D eigenvalue weighted by molar-refractivity contribution is -0.385. The maximum Gasteiger partial charge on any atom is 0.269 e. The highest BCUT2D eigenvalue weighted by Gasteiger charge is 2.45. The molecule has 3 aromatic carbocycles. The quantitative estimate of drug-likeness (QED) is 0.376. The lowest BCUT2D eigenvalue weighted by Gasteiger charge is -2.46. The van der Waals surface area contributed by atoms with Crippen LogP contribution in [0.25, 0.3) is 0 Å². The van der Waals surface area contributed by atoms with Gasteiger partial charge in [0.05, 0.1) is 21.6 Å². The lowest BCUT2D eigenvalue weighted by atomic mass is 9.74. The van der Waals surface area contributed by atoms with Gasteiger partial charge in [0.1, 0.15) is 0 Å². The molecule has 0 aliphatic carbocycles. The zero-order chi connectivity index (χ0) is 24.0. The third-order valence-electron chi connectivity index (χ3n) is 6.88. The zero-order valence-electron chi connectivity index (χ0n) is 19.0. The largest absolute Gasteiger partial charge is 0.373 e. The van der Waals surface area contributed by atoms with E-state index < -0.39 is 21.1 Å². The summed E-state index contributed by atoms with van der Waals surface area (Å²) >= 11 is 0. The number of hydrogen-bond acceptors (Lipinski definition) is 5. The highest BCUT2D eigenvalue weighted by Crippen LogP contribution is 2.50. The lowest BCUT2D eigenvalue weighted by Crippen LogP contribution is -2.46. The van der Waals surface area contributed by atoms with Gasteiger partial charge in [0, 0.05) is 31.2 Å². The Bertz CT molecular complexity index is 1350. The molecule has 2 heterocycles. The Morgan fingerprint density at radius 2 is 1.74 bits per heavy atom. The molecule has 0 unspecified atom stereocenters. The maximum atomic E-state index is 13.8. The first-order valence-corrected chi connectivity index (χ1v) is 12.8. The summed E-state index contributed by atoms with van der Waals surface area (Å²) in [5.41, 5.74) is 4.44. The number of nitro groups is 1. The van der Waals surface area contributed by atoms with Gasteiger partial charge in [-0.2, -0.15) is 0 Å². The number of rotatable bonds is 4. The molecule has 1 saturated heterocycles. The van der Waals surface area contributed by atoms with Gasteiger partial charge in [-0.3, -0.25) is 14.4 Å². The van der Waals surface area contributed by atoms with Crippen molar-refractivity contribution in [1.29, 1.82) is 0 Å². The first kappa shape index (κ1) is 22.6. The molecule has 0 spiro atoms. The van der Waals surface area contributed by atoms with E-state index in [1.807, 2.05) is 32.0 Å². The molecule has 34 heavy (non-hydrogen) atoms. The van der Waals surface area contributed by atoms with Gasteiger partial charge in [-0.15, -0.1) is 0 Å².